The monoisotopic (exact) mass is 297 g/mol. The van der Waals surface area contributed by atoms with E-state index in [0.717, 1.165) is 16.5 Å². The van der Waals surface area contributed by atoms with E-state index in [4.69, 9.17) is 0 Å². The van der Waals surface area contributed by atoms with Crippen molar-refractivity contribution >= 4 is 21.8 Å². The third-order valence-corrected chi connectivity index (χ3v) is 3.36. The fourth-order valence-corrected chi connectivity index (χ4v) is 2.26. The van der Waals surface area contributed by atoms with E-state index in [0.29, 0.717) is 5.92 Å². The van der Waals surface area contributed by atoms with Gasteiger partial charge in [0.2, 0.25) is 0 Å². The molecule has 1 aromatic carbocycles. The Morgan fingerprint density at radius 3 is 2.53 bits per heavy atom. The Morgan fingerprint density at radius 2 is 2.00 bits per heavy atom. The van der Waals surface area contributed by atoms with Gasteiger partial charge in [-0.25, -0.2) is 0 Å². The van der Waals surface area contributed by atoms with Crippen molar-refractivity contribution in [2.45, 2.75) is 33.2 Å². The third-order valence-electron chi connectivity index (χ3n) is 2.87. The lowest BCUT2D eigenvalue weighted by atomic mass is 10.0. The van der Waals surface area contributed by atoms with Crippen LogP contribution in [0, 0.1) is 5.92 Å². The van der Waals surface area contributed by atoms with E-state index in [2.05, 4.69) is 36.7 Å². The molecule has 0 heterocycles. The zero-order valence-corrected chi connectivity index (χ0v) is 12.5. The summed E-state index contributed by atoms with van der Waals surface area (Å²) in [7, 11) is 1.87. The first-order valence-electron chi connectivity index (χ1n) is 5.94. The van der Waals surface area contributed by atoms with Gasteiger partial charge < -0.3 is 4.90 Å². The SMILES string of the molecule is CC(C)CC(C)N(C)C(=O)c1cccc(Br)c1. The molecule has 94 valence electrons. The molecule has 1 atom stereocenters. The first kappa shape index (κ1) is 14.2. The number of hydrogen-bond acceptors (Lipinski definition) is 1. The molecule has 17 heavy (non-hydrogen) atoms. The molecule has 0 N–H and O–H groups in total. The fraction of sp³-hybridized carbons (Fsp3) is 0.500. The quantitative estimate of drug-likeness (QED) is 0.824. The van der Waals surface area contributed by atoms with E-state index < -0.39 is 0 Å². The Morgan fingerprint density at radius 1 is 1.35 bits per heavy atom. The smallest absolute Gasteiger partial charge is 0.253 e. The second-order valence-electron chi connectivity index (χ2n) is 4.90. The minimum Gasteiger partial charge on any atom is -0.339 e. The van der Waals surface area contributed by atoms with Gasteiger partial charge in [-0.05, 0) is 37.5 Å². The number of amides is 1. The highest BCUT2D eigenvalue weighted by Gasteiger charge is 2.18. The molecule has 1 amide bonds. The maximum atomic E-state index is 12.2. The van der Waals surface area contributed by atoms with Crippen LogP contribution in [0.3, 0.4) is 0 Å². The van der Waals surface area contributed by atoms with Gasteiger partial charge in [-0.3, -0.25) is 4.79 Å². The first-order chi connectivity index (χ1) is 7.91. The molecule has 0 saturated carbocycles. The zero-order chi connectivity index (χ0) is 13.0. The van der Waals surface area contributed by atoms with E-state index in [1.807, 2.05) is 36.2 Å². The highest BCUT2D eigenvalue weighted by Crippen LogP contribution is 2.16. The van der Waals surface area contributed by atoms with Crippen LogP contribution in [0.1, 0.15) is 37.6 Å². The Labute approximate surface area is 112 Å². The molecule has 0 fully saturated rings. The van der Waals surface area contributed by atoms with Crippen LogP contribution in [-0.4, -0.2) is 23.9 Å². The summed E-state index contributed by atoms with van der Waals surface area (Å²) in [5, 5.41) is 0. The topological polar surface area (TPSA) is 20.3 Å². The van der Waals surface area contributed by atoms with Gasteiger partial charge in [0.25, 0.3) is 5.91 Å². The Bertz CT molecular complexity index is 390. The molecule has 0 aliphatic carbocycles. The first-order valence-corrected chi connectivity index (χ1v) is 6.74. The summed E-state index contributed by atoms with van der Waals surface area (Å²) < 4.78 is 0.938. The molecule has 0 aliphatic heterocycles. The van der Waals surface area contributed by atoms with E-state index in [-0.39, 0.29) is 11.9 Å². The van der Waals surface area contributed by atoms with Crippen LogP contribution < -0.4 is 0 Å². The van der Waals surface area contributed by atoms with Crippen molar-refractivity contribution in [2.24, 2.45) is 5.92 Å². The summed E-state index contributed by atoms with van der Waals surface area (Å²) >= 11 is 3.39. The van der Waals surface area contributed by atoms with E-state index in [1.165, 1.54) is 0 Å². The second kappa shape index (κ2) is 6.20. The van der Waals surface area contributed by atoms with Crippen LogP contribution >= 0.6 is 15.9 Å². The lowest BCUT2D eigenvalue weighted by Crippen LogP contribution is -2.35. The number of nitrogens with zero attached hydrogens (tertiary/aromatic N) is 1. The number of carbonyl (C=O) groups excluding carboxylic acids is 1. The number of benzene rings is 1. The van der Waals surface area contributed by atoms with E-state index in [1.54, 1.807) is 0 Å². The zero-order valence-electron chi connectivity index (χ0n) is 10.9. The van der Waals surface area contributed by atoms with Gasteiger partial charge in [0, 0.05) is 23.1 Å². The molecule has 0 aliphatic rings. The highest BCUT2D eigenvalue weighted by molar-refractivity contribution is 9.10. The predicted molar refractivity (Wildman–Crippen MR) is 75.2 cm³/mol. The van der Waals surface area contributed by atoms with Crippen LogP contribution in [0.15, 0.2) is 28.7 Å². The van der Waals surface area contributed by atoms with Crippen molar-refractivity contribution < 1.29 is 4.79 Å². The Kier molecular flexibility index (Phi) is 5.19. The van der Waals surface area contributed by atoms with Crippen LogP contribution in [0.2, 0.25) is 0 Å². The molecule has 2 nitrogen and oxygen atoms in total. The van der Waals surface area contributed by atoms with Crippen molar-refractivity contribution in [3.63, 3.8) is 0 Å². The van der Waals surface area contributed by atoms with Crippen LogP contribution in [0.5, 0.6) is 0 Å². The largest absolute Gasteiger partial charge is 0.339 e. The molecular formula is C14H20BrNO. The number of carbonyl (C=O) groups is 1. The summed E-state index contributed by atoms with van der Waals surface area (Å²) in [6.45, 7) is 6.44. The van der Waals surface area contributed by atoms with Gasteiger partial charge in [-0.2, -0.15) is 0 Å². The van der Waals surface area contributed by atoms with Gasteiger partial charge in [-0.15, -0.1) is 0 Å². The second-order valence-corrected chi connectivity index (χ2v) is 5.82. The fourth-order valence-electron chi connectivity index (χ4n) is 1.87. The van der Waals surface area contributed by atoms with Crippen LogP contribution in [0.4, 0.5) is 0 Å². The highest BCUT2D eigenvalue weighted by atomic mass is 79.9. The molecule has 3 heteroatoms. The van der Waals surface area contributed by atoms with Crippen molar-refractivity contribution in [1.29, 1.82) is 0 Å². The van der Waals surface area contributed by atoms with Crippen molar-refractivity contribution in [3.8, 4) is 0 Å². The molecule has 0 spiro atoms. The molecule has 0 bridgehead atoms. The lowest BCUT2D eigenvalue weighted by Gasteiger charge is -2.26. The lowest BCUT2D eigenvalue weighted by molar-refractivity contribution is 0.0728. The van der Waals surface area contributed by atoms with E-state index >= 15 is 0 Å². The maximum absolute atomic E-state index is 12.2. The normalized spacial score (nSPS) is 12.6. The number of halogens is 1. The molecule has 0 radical (unpaired) electrons. The minimum absolute atomic E-state index is 0.0828. The molecular weight excluding hydrogens is 278 g/mol. The molecule has 1 unspecified atom stereocenters. The van der Waals surface area contributed by atoms with Gasteiger partial charge in [0.15, 0.2) is 0 Å². The summed E-state index contributed by atoms with van der Waals surface area (Å²) in [5.41, 5.74) is 0.734. The van der Waals surface area contributed by atoms with Crippen LogP contribution in [-0.2, 0) is 0 Å². The van der Waals surface area contributed by atoms with Crippen molar-refractivity contribution in [1.82, 2.24) is 4.90 Å². The number of rotatable bonds is 4. The standard InChI is InChI=1S/C14H20BrNO/c1-10(2)8-11(3)16(4)14(17)12-6-5-7-13(15)9-12/h5-7,9-11H,8H2,1-4H3. The Hall–Kier alpha value is -0.830. The molecule has 0 saturated heterocycles. The summed E-state index contributed by atoms with van der Waals surface area (Å²) in [5.74, 6) is 0.683. The third kappa shape index (κ3) is 4.15. The average Bonchev–Trinajstić information content (AvgIpc) is 2.26. The summed E-state index contributed by atoms with van der Waals surface area (Å²) in [4.78, 5) is 14.0. The summed E-state index contributed by atoms with van der Waals surface area (Å²) in [6, 6.07) is 7.79. The molecule has 1 aromatic rings. The van der Waals surface area contributed by atoms with Crippen LogP contribution in [0.25, 0.3) is 0 Å². The van der Waals surface area contributed by atoms with Gasteiger partial charge >= 0.3 is 0 Å². The maximum Gasteiger partial charge on any atom is 0.253 e. The van der Waals surface area contributed by atoms with Crippen molar-refractivity contribution in [2.75, 3.05) is 7.05 Å². The van der Waals surface area contributed by atoms with Gasteiger partial charge in [0.1, 0.15) is 0 Å². The van der Waals surface area contributed by atoms with Crippen molar-refractivity contribution in [3.05, 3.63) is 34.3 Å². The van der Waals surface area contributed by atoms with E-state index in [9.17, 15) is 4.79 Å². The minimum atomic E-state index is 0.0828. The van der Waals surface area contributed by atoms with Gasteiger partial charge in [0.05, 0.1) is 0 Å². The molecule has 0 aromatic heterocycles. The predicted octanol–water partition coefficient (Wildman–Crippen LogP) is 3.96. The Balaban J connectivity index is 2.76. The molecule has 1 rings (SSSR count). The number of hydrogen-bond donors (Lipinski definition) is 0. The van der Waals surface area contributed by atoms with Gasteiger partial charge in [-0.1, -0.05) is 35.8 Å². The average molecular weight is 298 g/mol. The summed E-state index contributed by atoms with van der Waals surface area (Å²) in [6.07, 6.45) is 1.02.